The Morgan fingerprint density at radius 2 is 1.79 bits per heavy atom. The molecule has 0 fully saturated rings. The molecule has 2 aromatic carbocycles. The van der Waals surface area contributed by atoms with Crippen LogP contribution in [0.2, 0.25) is 5.02 Å². The smallest absolute Gasteiger partial charge is 0.417 e. The van der Waals surface area contributed by atoms with Crippen LogP contribution in [0.15, 0.2) is 60.8 Å². The number of carbonyl (C=O) groups excluding carboxylic acids is 2. The number of urea groups is 1. The number of esters is 1. The number of aliphatic hydroxyl groups is 1. The minimum Gasteiger partial charge on any atom is -0.464 e. The number of hydrogen-bond acceptors (Lipinski definition) is 7. The van der Waals surface area contributed by atoms with E-state index in [0.717, 1.165) is 6.07 Å². The molecule has 38 heavy (non-hydrogen) atoms. The number of nitrogens with one attached hydrogen (secondary N) is 3. The van der Waals surface area contributed by atoms with E-state index in [-0.39, 0.29) is 12.3 Å². The van der Waals surface area contributed by atoms with Crippen LogP contribution in [0.5, 0.6) is 11.5 Å². The Balaban J connectivity index is 1.75. The maximum absolute atomic E-state index is 13.1. The van der Waals surface area contributed by atoms with Crippen LogP contribution in [0, 0.1) is 0 Å². The zero-order valence-corrected chi connectivity index (χ0v) is 20.9. The molecule has 0 spiro atoms. The third-order valence-electron chi connectivity index (χ3n) is 5.08. The van der Waals surface area contributed by atoms with Gasteiger partial charge in [-0.25, -0.2) is 9.59 Å². The summed E-state index contributed by atoms with van der Waals surface area (Å²) in [6.45, 7) is 1.63. The van der Waals surface area contributed by atoms with Gasteiger partial charge in [0.05, 0.1) is 22.9 Å². The summed E-state index contributed by atoms with van der Waals surface area (Å²) in [6.07, 6.45) is -4.22. The maximum atomic E-state index is 13.1. The minimum atomic E-state index is -4.72. The van der Waals surface area contributed by atoms with Gasteiger partial charge in [0, 0.05) is 18.0 Å². The van der Waals surface area contributed by atoms with Crippen molar-refractivity contribution in [3.8, 4) is 11.5 Å². The van der Waals surface area contributed by atoms with E-state index >= 15 is 0 Å². The number of carbonyl (C=O) groups is 2. The van der Waals surface area contributed by atoms with E-state index in [9.17, 15) is 27.9 Å². The number of aromatic nitrogens is 1. The predicted molar refractivity (Wildman–Crippen MR) is 133 cm³/mol. The van der Waals surface area contributed by atoms with Gasteiger partial charge in [-0.1, -0.05) is 23.7 Å². The van der Waals surface area contributed by atoms with Crippen molar-refractivity contribution in [3.63, 3.8) is 0 Å². The molecule has 0 radical (unpaired) electrons. The van der Waals surface area contributed by atoms with E-state index in [2.05, 4.69) is 20.9 Å². The van der Waals surface area contributed by atoms with Crippen LogP contribution in [0.3, 0.4) is 0 Å². The zero-order valence-electron chi connectivity index (χ0n) is 20.2. The Hall–Kier alpha value is -3.87. The minimum absolute atomic E-state index is 0.0365. The lowest BCUT2D eigenvalue weighted by Crippen LogP contribution is -2.37. The molecule has 0 aliphatic heterocycles. The van der Waals surface area contributed by atoms with Gasteiger partial charge in [-0.2, -0.15) is 13.2 Å². The second-order valence-corrected chi connectivity index (χ2v) is 8.16. The Morgan fingerprint density at radius 3 is 2.42 bits per heavy atom. The molecular formula is C25H24ClF3N4O5. The lowest BCUT2D eigenvalue weighted by molar-refractivity contribution is -0.145. The molecule has 0 saturated carbocycles. The molecule has 1 heterocycles. The van der Waals surface area contributed by atoms with Crippen molar-refractivity contribution in [3.05, 3.63) is 82.6 Å². The second kappa shape index (κ2) is 12.6. The van der Waals surface area contributed by atoms with Crippen LogP contribution in [-0.4, -0.2) is 35.7 Å². The first kappa shape index (κ1) is 28.7. The standard InChI is InChI=1S/C25H24ClF3N4O5/c1-3-37-23(35)21(33-24(36)32-15-6-9-19(26)18(12-15)25(27,28)29)14-4-7-16(8-5-14)38-17-10-11-31-20(13-17)22(34)30-2/h4-13,21-22,30,34H,3H2,1-2H3,(H2,32,33,36). The molecule has 2 amide bonds. The SMILES string of the molecule is CCOC(=O)C(NC(=O)Nc1ccc(Cl)c(C(F)(F)F)c1)c1ccc(Oc2ccnc(C(O)NC)c2)cc1. The number of aliphatic hydroxyl groups excluding tert-OH is 1. The van der Waals surface area contributed by atoms with Crippen molar-refractivity contribution in [1.82, 2.24) is 15.6 Å². The van der Waals surface area contributed by atoms with Gasteiger partial charge in [0.1, 0.15) is 17.7 Å². The molecule has 0 aliphatic rings. The monoisotopic (exact) mass is 552 g/mol. The Labute approximate surface area is 220 Å². The fourth-order valence-corrected chi connectivity index (χ4v) is 3.50. The predicted octanol–water partition coefficient (Wildman–Crippen LogP) is 5.18. The number of pyridine rings is 1. The highest BCUT2D eigenvalue weighted by molar-refractivity contribution is 6.31. The summed E-state index contributed by atoms with van der Waals surface area (Å²) >= 11 is 5.61. The average molecular weight is 553 g/mol. The highest BCUT2D eigenvalue weighted by Crippen LogP contribution is 2.36. The van der Waals surface area contributed by atoms with Gasteiger partial charge in [0.2, 0.25) is 0 Å². The molecule has 13 heteroatoms. The lowest BCUT2D eigenvalue weighted by atomic mass is 10.1. The van der Waals surface area contributed by atoms with Crippen molar-refractivity contribution < 1.29 is 37.3 Å². The highest BCUT2D eigenvalue weighted by atomic mass is 35.5. The van der Waals surface area contributed by atoms with Crippen LogP contribution < -0.4 is 20.7 Å². The van der Waals surface area contributed by atoms with E-state index in [1.165, 1.54) is 24.4 Å². The summed E-state index contributed by atoms with van der Waals surface area (Å²) in [5.41, 5.74) is -0.608. The second-order valence-electron chi connectivity index (χ2n) is 7.75. The molecule has 202 valence electrons. The topological polar surface area (TPSA) is 122 Å². The molecular weight excluding hydrogens is 529 g/mol. The molecule has 9 nitrogen and oxygen atoms in total. The molecule has 0 bridgehead atoms. The third-order valence-corrected chi connectivity index (χ3v) is 5.41. The van der Waals surface area contributed by atoms with Gasteiger partial charge in [-0.3, -0.25) is 10.3 Å². The van der Waals surface area contributed by atoms with Crippen LogP contribution >= 0.6 is 11.6 Å². The van der Waals surface area contributed by atoms with E-state index in [1.807, 2.05) is 0 Å². The molecule has 3 aromatic rings. The van der Waals surface area contributed by atoms with Gasteiger partial charge >= 0.3 is 18.2 Å². The van der Waals surface area contributed by atoms with Crippen LogP contribution in [0.4, 0.5) is 23.7 Å². The first-order chi connectivity index (χ1) is 18.0. The van der Waals surface area contributed by atoms with E-state index in [1.54, 1.807) is 38.2 Å². The number of ether oxygens (including phenoxy) is 2. The first-order valence-electron chi connectivity index (χ1n) is 11.2. The van der Waals surface area contributed by atoms with Crippen LogP contribution in [-0.2, 0) is 15.7 Å². The maximum Gasteiger partial charge on any atom is 0.417 e. The van der Waals surface area contributed by atoms with Gasteiger partial charge in [-0.05, 0) is 55.9 Å². The lowest BCUT2D eigenvalue weighted by Gasteiger charge is -2.19. The molecule has 2 atom stereocenters. The van der Waals surface area contributed by atoms with Crippen molar-refractivity contribution in [2.75, 3.05) is 19.0 Å². The largest absolute Gasteiger partial charge is 0.464 e. The Kier molecular flexibility index (Phi) is 9.50. The molecule has 0 saturated heterocycles. The average Bonchev–Trinajstić information content (AvgIpc) is 2.88. The fourth-order valence-electron chi connectivity index (χ4n) is 3.28. The molecule has 1 aromatic heterocycles. The normalized spacial score (nSPS) is 12.8. The van der Waals surface area contributed by atoms with Crippen molar-refractivity contribution in [2.45, 2.75) is 25.4 Å². The summed E-state index contributed by atoms with van der Waals surface area (Å²) in [6, 6.07) is 9.95. The van der Waals surface area contributed by atoms with E-state index in [4.69, 9.17) is 21.1 Å². The molecule has 0 aliphatic carbocycles. The third kappa shape index (κ3) is 7.57. The number of hydrogen-bond donors (Lipinski definition) is 4. The number of anilines is 1. The van der Waals surface area contributed by atoms with Crippen molar-refractivity contribution >= 4 is 29.3 Å². The number of nitrogens with zero attached hydrogens (tertiary/aromatic N) is 1. The first-order valence-corrected chi connectivity index (χ1v) is 11.6. The summed E-state index contributed by atoms with van der Waals surface area (Å²) in [4.78, 5) is 29.2. The molecule has 4 N–H and O–H groups in total. The fraction of sp³-hybridized carbons (Fsp3) is 0.240. The Morgan fingerprint density at radius 1 is 1.08 bits per heavy atom. The number of halogens is 4. The number of amides is 2. The number of benzene rings is 2. The van der Waals surface area contributed by atoms with Crippen LogP contribution in [0.1, 0.15) is 36.0 Å². The van der Waals surface area contributed by atoms with Gasteiger partial charge in [-0.15, -0.1) is 0 Å². The van der Waals surface area contributed by atoms with Crippen molar-refractivity contribution in [2.24, 2.45) is 0 Å². The van der Waals surface area contributed by atoms with Gasteiger partial charge in [0.15, 0.2) is 6.04 Å². The van der Waals surface area contributed by atoms with Crippen LogP contribution in [0.25, 0.3) is 0 Å². The summed E-state index contributed by atoms with van der Waals surface area (Å²) < 4.78 is 50.2. The summed E-state index contributed by atoms with van der Waals surface area (Å²) in [5.74, 6) is 0.0127. The summed E-state index contributed by atoms with van der Waals surface area (Å²) in [5, 5.41) is 16.7. The summed E-state index contributed by atoms with van der Waals surface area (Å²) in [7, 11) is 1.57. The number of rotatable bonds is 9. The van der Waals surface area contributed by atoms with Crippen molar-refractivity contribution in [1.29, 1.82) is 0 Å². The quantitative estimate of drug-likeness (QED) is 0.213. The van der Waals surface area contributed by atoms with Gasteiger partial charge < -0.3 is 25.2 Å². The highest BCUT2D eigenvalue weighted by Gasteiger charge is 2.33. The molecule has 2 unspecified atom stereocenters. The van der Waals surface area contributed by atoms with Gasteiger partial charge in [0.25, 0.3) is 0 Å². The Bertz CT molecular complexity index is 1270. The zero-order chi connectivity index (χ0) is 27.9. The number of alkyl halides is 3. The molecule has 3 rings (SSSR count). The van der Waals surface area contributed by atoms with E-state index < -0.39 is 41.0 Å². The van der Waals surface area contributed by atoms with E-state index in [0.29, 0.717) is 28.8 Å².